The standard InChI is InChI=1S/C21H24N2O4S/c24-21(18-2-1-9-25-18)23-7-5-14(6-8-23)20-22-16(13-28-20)15-3-4-17-19(12-15)27-11-10-26-17/h3-4,12-14,18H,1-2,5-11H2. The minimum Gasteiger partial charge on any atom is -0.486 e. The highest BCUT2D eigenvalue weighted by Gasteiger charge is 2.32. The van der Waals surface area contributed by atoms with Gasteiger partial charge in [0.05, 0.1) is 10.7 Å². The molecule has 4 heterocycles. The molecular formula is C21H24N2O4S. The molecular weight excluding hydrogens is 376 g/mol. The van der Waals surface area contributed by atoms with Crippen LogP contribution in [0.2, 0.25) is 0 Å². The SMILES string of the molecule is O=C(C1CCCO1)N1CCC(c2nc(-c3ccc4c(c3)OCCO4)cs2)CC1. The molecule has 6 nitrogen and oxygen atoms in total. The molecule has 0 radical (unpaired) electrons. The van der Waals surface area contributed by atoms with Crippen LogP contribution in [0.15, 0.2) is 23.6 Å². The van der Waals surface area contributed by atoms with Gasteiger partial charge in [-0.3, -0.25) is 4.79 Å². The van der Waals surface area contributed by atoms with E-state index >= 15 is 0 Å². The number of ether oxygens (including phenoxy) is 3. The number of carbonyl (C=O) groups is 1. The molecule has 0 spiro atoms. The molecule has 1 amide bonds. The predicted octanol–water partition coefficient (Wildman–Crippen LogP) is 3.47. The summed E-state index contributed by atoms with van der Waals surface area (Å²) < 4.78 is 16.8. The van der Waals surface area contributed by atoms with Crippen LogP contribution in [-0.4, -0.2) is 54.8 Å². The molecule has 1 unspecified atom stereocenters. The largest absolute Gasteiger partial charge is 0.486 e. The molecule has 1 aromatic heterocycles. The Morgan fingerprint density at radius 2 is 1.89 bits per heavy atom. The molecule has 2 fully saturated rings. The van der Waals surface area contributed by atoms with Crippen molar-refractivity contribution in [1.29, 1.82) is 0 Å². The molecule has 0 aliphatic carbocycles. The summed E-state index contributed by atoms with van der Waals surface area (Å²) >= 11 is 1.71. The second-order valence-electron chi connectivity index (χ2n) is 7.53. The van der Waals surface area contributed by atoms with E-state index in [1.54, 1.807) is 11.3 Å². The van der Waals surface area contributed by atoms with Crippen LogP contribution in [0.1, 0.15) is 36.6 Å². The van der Waals surface area contributed by atoms with Crippen LogP contribution < -0.4 is 9.47 Å². The van der Waals surface area contributed by atoms with Crippen molar-refractivity contribution in [2.45, 2.75) is 37.7 Å². The zero-order valence-electron chi connectivity index (χ0n) is 15.8. The average Bonchev–Trinajstić information content (AvgIpc) is 3.45. The van der Waals surface area contributed by atoms with Gasteiger partial charge < -0.3 is 19.1 Å². The molecule has 2 saturated heterocycles. The Labute approximate surface area is 168 Å². The molecule has 1 aromatic carbocycles. The number of fused-ring (bicyclic) bond motifs is 1. The second-order valence-corrected chi connectivity index (χ2v) is 8.42. The van der Waals surface area contributed by atoms with E-state index in [9.17, 15) is 4.79 Å². The van der Waals surface area contributed by atoms with Crippen molar-refractivity contribution in [2.24, 2.45) is 0 Å². The number of carbonyl (C=O) groups excluding carboxylic acids is 1. The van der Waals surface area contributed by atoms with Crippen molar-refractivity contribution in [3.05, 3.63) is 28.6 Å². The summed E-state index contributed by atoms with van der Waals surface area (Å²) in [6.07, 6.45) is 3.58. The van der Waals surface area contributed by atoms with Crippen LogP contribution in [0.4, 0.5) is 0 Å². The summed E-state index contributed by atoms with van der Waals surface area (Å²) in [6, 6.07) is 6.00. The first-order chi connectivity index (χ1) is 13.8. The van der Waals surface area contributed by atoms with Gasteiger partial charge in [-0.15, -0.1) is 11.3 Å². The van der Waals surface area contributed by atoms with E-state index in [1.807, 2.05) is 23.1 Å². The zero-order chi connectivity index (χ0) is 18.9. The van der Waals surface area contributed by atoms with E-state index in [4.69, 9.17) is 19.2 Å². The minimum absolute atomic E-state index is 0.173. The normalized spacial score (nSPS) is 22.4. The molecule has 3 aliphatic heterocycles. The Kier molecular flexibility index (Phi) is 4.94. The summed E-state index contributed by atoms with van der Waals surface area (Å²) in [5, 5.41) is 3.28. The Hall–Kier alpha value is -2.12. The predicted molar refractivity (Wildman–Crippen MR) is 106 cm³/mol. The van der Waals surface area contributed by atoms with E-state index < -0.39 is 0 Å². The average molecular weight is 401 g/mol. The third-order valence-electron chi connectivity index (χ3n) is 5.72. The minimum atomic E-state index is -0.210. The lowest BCUT2D eigenvalue weighted by Gasteiger charge is -2.32. The van der Waals surface area contributed by atoms with Gasteiger partial charge in [0, 0.05) is 36.6 Å². The number of hydrogen-bond donors (Lipinski definition) is 0. The topological polar surface area (TPSA) is 60.9 Å². The molecule has 0 N–H and O–H groups in total. The fraction of sp³-hybridized carbons (Fsp3) is 0.524. The van der Waals surface area contributed by atoms with E-state index in [-0.39, 0.29) is 12.0 Å². The number of aromatic nitrogens is 1. The van der Waals surface area contributed by atoms with E-state index in [0.29, 0.717) is 25.7 Å². The lowest BCUT2D eigenvalue weighted by molar-refractivity contribution is -0.142. The van der Waals surface area contributed by atoms with Gasteiger partial charge in [-0.2, -0.15) is 0 Å². The van der Waals surface area contributed by atoms with Gasteiger partial charge in [0.15, 0.2) is 11.5 Å². The monoisotopic (exact) mass is 400 g/mol. The molecule has 7 heteroatoms. The summed E-state index contributed by atoms with van der Waals surface area (Å²) in [7, 11) is 0. The van der Waals surface area contributed by atoms with Gasteiger partial charge in [-0.05, 0) is 43.9 Å². The van der Waals surface area contributed by atoms with Crippen LogP contribution in [0.5, 0.6) is 11.5 Å². The second kappa shape index (κ2) is 7.72. The van der Waals surface area contributed by atoms with Crippen LogP contribution >= 0.6 is 11.3 Å². The molecule has 3 aliphatic rings. The van der Waals surface area contributed by atoms with Gasteiger partial charge in [-0.25, -0.2) is 4.98 Å². The summed E-state index contributed by atoms with van der Waals surface area (Å²) in [5.74, 6) is 2.18. The van der Waals surface area contributed by atoms with E-state index in [2.05, 4.69) is 5.38 Å². The summed E-state index contributed by atoms with van der Waals surface area (Å²) in [4.78, 5) is 19.4. The van der Waals surface area contributed by atoms with Gasteiger partial charge in [0.2, 0.25) is 0 Å². The third-order valence-corrected chi connectivity index (χ3v) is 6.73. The number of hydrogen-bond acceptors (Lipinski definition) is 6. The lowest BCUT2D eigenvalue weighted by atomic mass is 9.97. The first-order valence-corrected chi connectivity index (χ1v) is 10.9. The van der Waals surface area contributed by atoms with E-state index in [0.717, 1.165) is 66.5 Å². The summed E-state index contributed by atoms with van der Waals surface area (Å²) in [5.41, 5.74) is 2.03. The molecule has 5 rings (SSSR count). The molecule has 0 saturated carbocycles. The van der Waals surface area contributed by atoms with Crippen LogP contribution in [-0.2, 0) is 9.53 Å². The molecule has 28 heavy (non-hydrogen) atoms. The molecule has 2 aromatic rings. The number of piperidine rings is 1. The molecule has 1 atom stereocenters. The fourth-order valence-electron chi connectivity index (χ4n) is 4.13. The summed E-state index contributed by atoms with van der Waals surface area (Å²) in [6.45, 7) is 3.49. The van der Waals surface area contributed by atoms with Gasteiger partial charge in [-0.1, -0.05) is 0 Å². The first kappa shape index (κ1) is 17.9. The highest BCUT2D eigenvalue weighted by molar-refractivity contribution is 7.10. The Balaban J connectivity index is 1.24. The number of rotatable bonds is 3. The van der Waals surface area contributed by atoms with Gasteiger partial charge in [0.25, 0.3) is 5.91 Å². The number of nitrogens with zero attached hydrogens (tertiary/aromatic N) is 2. The van der Waals surface area contributed by atoms with Crippen LogP contribution in [0, 0.1) is 0 Å². The number of amides is 1. The third kappa shape index (κ3) is 3.49. The highest BCUT2D eigenvalue weighted by Crippen LogP contribution is 2.37. The molecule has 148 valence electrons. The maximum Gasteiger partial charge on any atom is 0.251 e. The number of thiazole rings is 1. The molecule has 0 bridgehead atoms. The highest BCUT2D eigenvalue weighted by atomic mass is 32.1. The maximum atomic E-state index is 12.5. The fourth-order valence-corrected chi connectivity index (χ4v) is 5.13. The van der Waals surface area contributed by atoms with E-state index in [1.165, 1.54) is 0 Å². The van der Waals surface area contributed by atoms with Gasteiger partial charge >= 0.3 is 0 Å². The lowest BCUT2D eigenvalue weighted by Crippen LogP contribution is -2.43. The van der Waals surface area contributed by atoms with Crippen molar-refractivity contribution in [2.75, 3.05) is 32.9 Å². The zero-order valence-corrected chi connectivity index (χ0v) is 16.6. The Bertz CT molecular complexity index is 854. The van der Waals surface area contributed by atoms with Crippen molar-refractivity contribution in [1.82, 2.24) is 9.88 Å². The quantitative estimate of drug-likeness (QED) is 0.790. The van der Waals surface area contributed by atoms with Crippen LogP contribution in [0.25, 0.3) is 11.3 Å². The smallest absolute Gasteiger partial charge is 0.251 e. The first-order valence-electron chi connectivity index (χ1n) is 10.0. The number of benzene rings is 1. The van der Waals surface area contributed by atoms with Crippen molar-refractivity contribution in [3.8, 4) is 22.8 Å². The van der Waals surface area contributed by atoms with Crippen molar-refractivity contribution in [3.63, 3.8) is 0 Å². The van der Waals surface area contributed by atoms with Crippen molar-refractivity contribution < 1.29 is 19.0 Å². The number of likely N-dealkylation sites (tertiary alicyclic amines) is 1. The Morgan fingerprint density at radius 1 is 1.07 bits per heavy atom. The van der Waals surface area contributed by atoms with Crippen molar-refractivity contribution >= 4 is 17.2 Å². The van der Waals surface area contributed by atoms with Crippen LogP contribution in [0.3, 0.4) is 0 Å². The van der Waals surface area contributed by atoms with Gasteiger partial charge in [0.1, 0.15) is 19.3 Å². The maximum absolute atomic E-state index is 12.5. The Morgan fingerprint density at radius 3 is 2.68 bits per heavy atom.